The van der Waals surface area contributed by atoms with Gasteiger partial charge in [-0.05, 0) is 0 Å². The van der Waals surface area contributed by atoms with E-state index < -0.39 is 0 Å². The molecule has 0 amide bonds. The molecule has 6 heteroatoms. The molecule has 0 aliphatic carbocycles. The maximum Gasteiger partial charge on any atom is 4.00 e. The van der Waals surface area contributed by atoms with Crippen molar-refractivity contribution in [3.63, 3.8) is 0 Å². The Bertz CT molecular complexity index is 5.51. The molecule has 0 atom stereocenters. The quantitative estimate of drug-likeness (QED) is 0.281. The Labute approximate surface area is 54.5 Å². The summed E-state index contributed by atoms with van der Waals surface area (Å²) in [6.45, 7) is 0. The summed E-state index contributed by atoms with van der Waals surface area (Å²) in [6.07, 6.45) is 0. The van der Waals surface area contributed by atoms with Gasteiger partial charge >= 0.3 is 35.2 Å². The van der Waals surface area contributed by atoms with Gasteiger partial charge in [-0.2, -0.15) is 0 Å². The first kappa shape index (κ1) is 353. The number of hydrogen-bond acceptors (Lipinski definition) is 0. The molecule has 0 spiro atoms. The summed E-state index contributed by atoms with van der Waals surface area (Å²) >= 11 is 0. The van der Waals surface area contributed by atoms with Crippen LogP contribution in [0.15, 0.2) is 0 Å². The van der Waals surface area contributed by atoms with Crippen LogP contribution >= 0.6 is 0 Å². The predicted octanol–water partition coefficient (Wildman–Crippen LogP) is -12.7. The molecule has 0 rings (SSSR count). The Hall–Kier alpha value is 0.806. The van der Waals surface area contributed by atoms with Gasteiger partial charge in [-0.25, -0.2) is 0 Å². The summed E-state index contributed by atoms with van der Waals surface area (Å²) in [5, 5.41) is 0. The summed E-state index contributed by atoms with van der Waals surface area (Å²) in [4.78, 5) is 0. The standard InChI is InChI=1S/4FH.2Ge/h4*1H;;/q;;;;2*+4/p-4. The van der Waals surface area contributed by atoms with Gasteiger partial charge in [-0.3, -0.25) is 0 Å². The largest absolute Gasteiger partial charge is 4.00 e. The molecule has 0 fully saturated rings. The minimum absolute atomic E-state index is 0. The van der Waals surface area contributed by atoms with Crippen molar-refractivity contribution in [1.29, 1.82) is 0 Å². The summed E-state index contributed by atoms with van der Waals surface area (Å²) in [5.74, 6) is 0. The zero-order valence-corrected chi connectivity index (χ0v) is 6.71. The first-order valence-corrected chi connectivity index (χ1v) is 0. The van der Waals surface area contributed by atoms with E-state index in [1.165, 1.54) is 0 Å². The fourth-order valence-electron chi connectivity index (χ4n) is 0. The predicted molar refractivity (Wildman–Crippen MR) is 11.5 cm³/mol. The number of hydrogen-bond donors (Lipinski definition) is 0. The second kappa shape index (κ2) is 207. The monoisotopic (exact) mass is 224 g/mol. The van der Waals surface area contributed by atoms with E-state index in [9.17, 15) is 0 Å². The van der Waals surface area contributed by atoms with E-state index in [4.69, 9.17) is 0 Å². The molecule has 0 radical (unpaired) electrons. The number of halogens is 4. The third-order valence-electron chi connectivity index (χ3n) is 0. The van der Waals surface area contributed by atoms with Crippen molar-refractivity contribution in [3.05, 3.63) is 0 Å². The van der Waals surface area contributed by atoms with Crippen LogP contribution in [0.5, 0.6) is 0 Å². The van der Waals surface area contributed by atoms with Crippen molar-refractivity contribution < 1.29 is 18.8 Å². The van der Waals surface area contributed by atoms with Gasteiger partial charge in [0.1, 0.15) is 0 Å². The van der Waals surface area contributed by atoms with Gasteiger partial charge in [-0.15, -0.1) is 0 Å². The topological polar surface area (TPSA) is 0 Å². The van der Waals surface area contributed by atoms with E-state index in [1.807, 2.05) is 0 Å². The molecular formula is F4Ge2+4. The fourth-order valence-corrected chi connectivity index (χ4v) is 0. The van der Waals surface area contributed by atoms with Gasteiger partial charge in [0.2, 0.25) is 0 Å². The van der Waals surface area contributed by atoms with E-state index in [-0.39, 0.29) is 54.0 Å². The zero-order chi connectivity index (χ0) is 0. The molecule has 0 saturated carbocycles. The smallest absolute Gasteiger partial charge is 1.00 e. The summed E-state index contributed by atoms with van der Waals surface area (Å²) in [7, 11) is 0. The molecule has 32 valence electrons. The molecule has 0 aliphatic rings. The van der Waals surface area contributed by atoms with E-state index in [0.717, 1.165) is 0 Å². The van der Waals surface area contributed by atoms with Crippen LogP contribution in [0.25, 0.3) is 0 Å². The van der Waals surface area contributed by atoms with Crippen LogP contribution in [0, 0.1) is 0 Å². The number of rotatable bonds is 0. The van der Waals surface area contributed by atoms with Crippen LogP contribution in [0.4, 0.5) is 0 Å². The van der Waals surface area contributed by atoms with Crippen LogP contribution < -0.4 is 18.8 Å². The molecule has 0 bridgehead atoms. The normalized spacial score (nSPS) is 0. The Balaban J connectivity index is 0. The van der Waals surface area contributed by atoms with Crippen molar-refractivity contribution in [2.75, 3.05) is 0 Å². The summed E-state index contributed by atoms with van der Waals surface area (Å²) in [5.41, 5.74) is 0. The second-order valence-electron chi connectivity index (χ2n) is 0. The first-order valence-electron chi connectivity index (χ1n) is 0. The molecule has 0 nitrogen and oxygen atoms in total. The van der Waals surface area contributed by atoms with Crippen LogP contribution in [0.1, 0.15) is 0 Å². The molecule has 0 N–H and O–H groups in total. The molecule has 0 aromatic heterocycles. The van der Waals surface area contributed by atoms with E-state index in [1.54, 1.807) is 0 Å². The molecule has 0 unspecified atom stereocenters. The maximum atomic E-state index is 0. The van der Waals surface area contributed by atoms with Crippen molar-refractivity contribution in [1.82, 2.24) is 0 Å². The molecule has 6 heavy (non-hydrogen) atoms. The molecule has 0 saturated heterocycles. The van der Waals surface area contributed by atoms with Crippen LogP contribution in [-0.4, -0.2) is 35.2 Å². The molecule has 0 aromatic rings. The van der Waals surface area contributed by atoms with Gasteiger partial charge in [0.15, 0.2) is 0 Å². The molecule has 0 aliphatic heterocycles. The summed E-state index contributed by atoms with van der Waals surface area (Å²) in [6, 6.07) is 0. The van der Waals surface area contributed by atoms with Crippen molar-refractivity contribution >= 4 is 35.2 Å². The Kier molecular flexibility index (Phi) is 12200. The Morgan fingerprint density at radius 2 is 0.333 bits per heavy atom. The third-order valence-corrected chi connectivity index (χ3v) is 0. The molecule has 0 aromatic carbocycles. The Morgan fingerprint density at radius 3 is 0.333 bits per heavy atom. The summed E-state index contributed by atoms with van der Waals surface area (Å²) < 4.78 is 0. The van der Waals surface area contributed by atoms with Crippen LogP contribution in [-0.2, 0) is 0 Å². The van der Waals surface area contributed by atoms with Crippen molar-refractivity contribution in [3.8, 4) is 0 Å². The zero-order valence-electron chi connectivity index (χ0n) is 2.51. The SMILES string of the molecule is [F-].[F-].[F-].[F-].[Ge+4].[Ge+4]. The third kappa shape index (κ3) is 107. The van der Waals surface area contributed by atoms with Gasteiger partial charge < -0.3 is 18.8 Å². The van der Waals surface area contributed by atoms with E-state index in [2.05, 4.69) is 0 Å². The minimum atomic E-state index is 0. The van der Waals surface area contributed by atoms with Gasteiger partial charge in [0, 0.05) is 0 Å². The molecule has 0 heterocycles. The van der Waals surface area contributed by atoms with Crippen molar-refractivity contribution in [2.24, 2.45) is 0 Å². The van der Waals surface area contributed by atoms with Crippen LogP contribution in [0.3, 0.4) is 0 Å². The second-order valence-corrected chi connectivity index (χ2v) is 0. The average Bonchev–Trinajstić information content (AvgIpc) is 0. The maximum absolute atomic E-state index is 0. The fraction of sp³-hybridized carbons (Fsp3) is 0. The van der Waals surface area contributed by atoms with Crippen LogP contribution in [0.2, 0.25) is 0 Å². The van der Waals surface area contributed by atoms with Gasteiger partial charge in [-0.1, -0.05) is 0 Å². The van der Waals surface area contributed by atoms with E-state index in [0.29, 0.717) is 0 Å². The minimum Gasteiger partial charge on any atom is -1.00 e. The van der Waals surface area contributed by atoms with E-state index >= 15 is 0 Å². The average molecular weight is 221 g/mol. The van der Waals surface area contributed by atoms with Crippen molar-refractivity contribution in [2.45, 2.75) is 0 Å². The molecular weight excluding hydrogens is 221 g/mol. The first-order chi connectivity index (χ1) is 0. The van der Waals surface area contributed by atoms with Gasteiger partial charge in [0.25, 0.3) is 0 Å². The Morgan fingerprint density at radius 1 is 0.333 bits per heavy atom. The van der Waals surface area contributed by atoms with Gasteiger partial charge in [0.05, 0.1) is 0 Å².